The fraction of sp³-hybridized carbons (Fsp3) is 0.150. The van der Waals surface area contributed by atoms with Crippen molar-refractivity contribution in [2.45, 2.75) is 19.0 Å². The highest BCUT2D eigenvalue weighted by atomic mass is 32.1. The number of hydrogen-bond acceptors (Lipinski definition) is 5. The van der Waals surface area contributed by atoms with Crippen LogP contribution in [0.15, 0.2) is 60.1 Å². The number of carbonyl (C=O) groups is 2. The lowest BCUT2D eigenvalue weighted by Gasteiger charge is -2.16. The van der Waals surface area contributed by atoms with Crippen molar-refractivity contribution in [3.8, 4) is 11.6 Å². The van der Waals surface area contributed by atoms with Crippen LogP contribution in [0.1, 0.15) is 22.9 Å². The molecule has 0 aliphatic carbocycles. The minimum absolute atomic E-state index is 0.0316. The van der Waals surface area contributed by atoms with Crippen LogP contribution in [0.4, 0.5) is 9.18 Å². The Balaban J connectivity index is 1.63. The van der Waals surface area contributed by atoms with Crippen LogP contribution in [0.3, 0.4) is 0 Å². The van der Waals surface area contributed by atoms with Gasteiger partial charge in [0.1, 0.15) is 11.6 Å². The number of carbonyl (C=O) groups excluding carboxylic acids is 2. The van der Waals surface area contributed by atoms with Gasteiger partial charge in [-0.05, 0) is 29.6 Å². The molecule has 0 bridgehead atoms. The summed E-state index contributed by atoms with van der Waals surface area (Å²) in [5.41, 5.74) is 5.84. The van der Waals surface area contributed by atoms with Gasteiger partial charge < -0.3 is 21.1 Å². The summed E-state index contributed by atoms with van der Waals surface area (Å²) in [7, 11) is 0. The number of aromatic nitrogens is 1. The van der Waals surface area contributed by atoms with Gasteiger partial charge in [0, 0.05) is 29.2 Å². The molecule has 0 spiro atoms. The van der Waals surface area contributed by atoms with E-state index in [2.05, 4.69) is 15.6 Å². The SMILES string of the molecule is NC(=O)N[C@H](CC(=O)NCc1cccnc1Oc1cccc(F)c1)c1cccs1. The van der Waals surface area contributed by atoms with Crippen molar-refractivity contribution >= 4 is 23.3 Å². The lowest BCUT2D eigenvalue weighted by molar-refractivity contribution is -0.121. The molecule has 4 N–H and O–H groups in total. The molecule has 2 aromatic heterocycles. The maximum atomic E-state index is 13.4. The molecule has 0 radical (unpaired) electrons. The molecule has 9 heteroatoms. The third-order valence-electron chi connectivity index (χ3n) is 3.93. The maximum Gasteiger partial charge on any atom is 0.312 e. The predicted molar refractivity (Wildman–Crippen MR) is 107 cm³/mol. The maximum absolute atomic E-state index is 13.4. The fourth-order valence-corrected chi connectivity index (χ4v) is 3.41. The fourth-order valence-electron chi connectivity index (χ4n) is 2.63. The smallest absolute Gasteiger partial charge is 0.312 e. The van der Waals surface area contributed by atoms with Crippen LogP contribution in [0.5, 0.6) is 11.6 Å². The zero-order valence-electron chi connectivity index (χ0n) is 15.3. The number of hydrogen-bond donors (Lipinski definition) is 3. The topological polar surface area (TPSA) is 106 Å². The van der Waals surface area contributed by atoms with E-state index in [0.717, 1.165) is 4.88 Å². The third kappa shape index (κ3) is 6.01. The molecule has 0 aliphatic heterocycles. The van der Waals surface area contributed by atoms with Gasteiger partial charge in [-0.2, -0.15) is 0 Å². The second kappa shape index (κ2) is 9.65. The molecule has 29 heavy (non-hydrogen) atoms. The first kappa shape index (κ1) is 20.3. The lowest BCUT2D eigenvalue weighted by Crippen LogP contribution is -2.36. The number of thiophene rings is 1. The highest BCUT2D eigenvalue weighted by Gasteiger charge is 2.18. The Hall–Kier alpha value is -3.46. The molecular weight excluding hydrogens is 395 g/mol. The van der Waals surface area contributed by atoms with Gasteiger partial charge in [-0.3, -0.25) is 4.79 Å². The molecule has 0 fully saturated rings. The minimum atomic E-state index is -0.700. The number of benzene rings is 1. The first-order chi connectivity index (χ1) is 14.0. The Morgan fingerprint density at radius 1 is 1.21 bits per heavy atom. The van der Waals surface area contributed by atoms with Crippen LogP contribution < -0.4 is 21.1 Å². The summed E-state index contributed by atoms with van der Waals surface area (Å²) >= 11 is 1.42. The molecule has 3 aromatic rings. The number of urea groups is 1. The lowest BCUT2D eigenvalue weighted by atomic mass is 10.1. The zero-order chi connectivity index (χ0) is 20.6. The van der Waals surface area contributed by atoms with Crippen molar-refractivity contribution < 1.29 is 18.7 Å². The Morgan fingerprint density at radius 2 is 2.07 bits per heavy atom. The first-order valence-electron chi connectivity index (χ1n) is 8.74. The number of nitrogens with one attached hydrogen (secondary N) is 2. The quantitative estimate of drug-likeness (QED) is 0.524. The summed E-state index contributed by atoms with van der Waals surface area (Å²) in [6.45, 7) is 0.158. The van der Waals surface area contributed by atoms with Crippen molar-refractivity contribution in [3.63, 3.8) is 0 Å². The predicted octanol–water partition coefficient (Wildman–Crippen LogP) is 3.49. The highest BCUT2D eigenvalue weighted by molar-refractivity contribution is 7.10. The van der Waals surface area contributed by atoms with Crippen molar-refractivity contribution in [2.24, 2.45) is 5.73 Å². The van der Waals surface area contributed by atoms with Crippen LogP contribution in [0.2, 0.25) is 0 Å². The Kier molecular flexibility index (Phi) is 6.75. The van der Waals surface area contributed by atoms with Crippen molar-refractivity contribution in [2.75, 3.05) is 0 Å². The van der Waals surface area contributed by atoms with E-state index in [0.29, 0.717) is 11.3 Å². The molecule has 7 nitrogen and oxygen atoms in total. The van der Waals surface area contributed by atoms with E-state index in [-0.39, 0.29) is 24.8 Å². The normalized spacial score (nSPS) is 11.5. The van der Waals surface area contributed by atoms with E-state index in [1.54, 1.807) is 24.4 Å². The van der Waals surface area contributed by atoms with Gasteiger partial charge in [0.2, 0.25) is 11.8 Å². The largest absolute Gasteiger partial charge is 0.439 e. The minimum Gasteiger partial charge on any atom is -0.439 e. The Morgan fingerprint density at radius 3 is 2.79 bits per heavy atom. The van der Waals surface area contributed by atoms with Crippen molar-refractivity contribution in [1.82, 2.24) is 15.6 Å². The van der Waals surface area contributed by atoms with Gasteiger partial charge in [0.25, 0.3) is 0 Å². The molecule has 0 saturated carbocycles. The molecule has 2 heterocycles. The van der Waals surface area contributed by atoms with E-state index < -0.39 is 17.9 Å². The second-order valence-electron chi connectivity index (χ2n) is 6.08. The molecule has 3 rings (SSSR count). The highest BCUT2D eigenvalue weighted by Crippen LogP contribution is 2.24. The summed E-state index contributed by atoms with van der Waals surface area (Å²) in [5, 5.41) is 7.21. The molecule has 3 amide bonds. The van der Waals surface area contributed by atoms with E-state index >= 15 is 0 Å². The molecule has 0 saturated heterocycles. The monoisotopic (exact) mass is 414 g/mol. The number of nitrogens with zero attached hydrogens (tertiary/aromatic N) is 1. The average molecular weight is 414 g/mol. The van der Waals surface area contributed by atoms with E-state index in [9.17, 15) is 14.0 Å². The number of pyridine rings is 1. The average Bonchev–Trinajstić information content (AvgIpc) is 3.21. The van der Waals surface area contributed by atoms with Crippen molar-refractivity contribution in [1.29, 1.82) is 0 Å². The number of amides is 3. The van der Waals surface area contributed by atoms with Gasteiger partial charge in [0.15, 0.2) is 0 Å². The van der Waals surface area contributed by atoms with E-state index in [1.807, 2.05) is 17.5 Å². The second-order valence-corrected chi connectivity index (χ2v) is 7.06. The van der Waals surface area contributed by atoms with Crippen LogP contribution >= 0.6 is 11.3 Å². The van der Waals surface area contributed by atoms with Gasteiger partial charge in [0.05, 0.1) is 12.5 Å². The number of halogens is 1. The summed E-state index contributed by atoms with van der Waals surface area (Å²) in [6, 6.07) is 11.6. The number of rotatable bonds is 8. The third-order valence-corrected chi connectivity index (χ3v) is 4.92. The van der Waals surface area contributed by atoms with Gasteiger partial charge in [-0.1, -0.05) is 18.2 Å². The molecule has 150 valence electrons. The standard InChI is InChI=1S/C20H19FN4O3S/c21-14-5-1-6-15(10-14)28-19-13(4-2-8-23-19)12-24-18(26)11-16(25-20(22)27)17-7-3-9-29-17/h1-10,16H,11-12H2,(H,24,26)(H3,22,25,27)/t16-/m1/s1. The number of ether oxygens (including phenoxy) is 1. The van der Waals surface area contributed by atoms with Crippen LogP contribution in [0.25, 0.3) is 0 Å². The Bertz CT molecular complexity index is 981. The molecule has 1 atom stereocenters. The van der Waals surface area contributed by atoms with Gasteiger partial charge in [-0.25, -0.2) is 14.2 Å². The molecule has 0 aliphatic rings. The number of primary amides is 1. The zero-order valence-corrected chi connectivity index (χ0v) is 16.1. The van der Waals surface area contributed by atoms with Crippen molar-refractivity contribution in [3.05, 3.63) is 76.4 Å². The summed E-state index contributed by atoms with van der Waals surface area (Å²) < 4.78 is 19.0. The van der Waals surface area contributed by atoms with Crippen LogP contribution in [-0.4, -0.2) is 16.9 Å². The first-order valence-corrected chi connectivity index (χ1v) is 9.62. The summed E-state index contributed by atoms with van der Waals surface area (Å²) in [5.74, 6) is -0.129. The van der Waals surface area contributed by atoms with Gasteiger partial charge in [-0.15, -0.1) is 11.3 Å². The molecule has 1 aromatic carbocycles. The molecular formula is C20H19FN4O3S. The Labute approximate surface area is 170 Å². The molecule has 0 unspecified atom stereocenters. The van der Waals surface area contributed by atoms with E-state index in [1.165, 1.54) is 29.5 Å². The van der Waals surface area contributed by atoms with E-state index in [4.69, 9.17) is 10.5 Å². The van der Waals surface area contributed by atoms with Crippen LogP contribution in [0, 0.1) is 5.82 Å². The van der Waals surface area contributed by atoms with Crippen LogP contribution in [-0.2, 0) is 11.3 Å². The number of nitrogens with two attached hydrogens (primary N) is 1. The van der Waals surface area contributed by atoms with Gasteiger partial charge >= 0.3 is 6.03 Å². The summed E-state index contributed by atoms with van der Waals surface area (Å²) in [6.07, 6.45) is 1.58. The summed E-state index contributed by atoms with van der Waals surface area (Å²) in [4.78, 5) is 28.6.